The summed E-state index contributed by atoms with van der Waals surface area (Å²) in [6.45, 7) is 5.12. The number of amides is 2. The van der Waals surface area contributed by atoms with Gasteiger partial charge in [-0.15, -0.1) is 0 Å². The van der Waals surface area contributed by atoms with Crippen LogP contribution >= 0.6 is 0 Å². The summed E-state index contributed by atoms with van der Waals surface area (Å²) in [6.07, 6.45) is 1.03. The Morgan fingerprint density at radius 2 is 1.62 bits per heavy atom. The first kappa shape index (κ1) is 30.6. The molecule has 10 heteroatoms. The van der Waals surface area contributed by atoms with Gasteiger partial charge in [-0.3, -0.25) is 13.9 Å². The van der Waals surface area contributed by atoms with Crippen LogP contribution in [0.2, 0.25) is 0 Å². The largest absolute Gasteiger partial charge is 0.497 e. The summed E-state index contributed by atoms with van der Waals surface area (Å²) in [5.41, 5.74) is 0.980. The number of anilines is 1. The lowest BCUT2D eigenvalue weighted by Gasteiger charge is -2.33. The van der Waals surface area contributed by atoms with Gasteiger partial charge in [0.15, 0.2) is 0 Å². The van der Waals surface area contributed by atoms with E-state index in [1.807, 2.05) is 19.9 Å². The molecule has 0 aliphatic carbocycles. The number of para-hydroxylation sites is 1. The van der Waals surface area contributed by atoms with Crippen molar-refractivity contribution in [1.82, 2.24) is 10.2 Å². The Morgan fingerprint density at radius 3 is 2.23 bits per heavy atom. The van der Waals surface area contributed by atoms with Gasteiger partial charge >= 0.3 is 0 Å². The lowest BCUT2D eigenvalue weighted by atomic mass is 10.1. The number of hydrogen-bond donors (Lipinski definition) is 1. The average Bonchev–Trinajstić information content (AvgIpc) is 2.96. The van der Waals surface area contributed by atoms with Gasteiger partial charge in [-0.2, -0.15) is 0 Å². The highest BCUT2D eigenvalue weighted by Crippen LogP contribution is 2.25. The SMILES string of the molecule is CC[C@H](C(=O)N[C@@H](C)CC)N(Cc1cccc(OC)c1)C(=O)CN(c1ccccc1)S(=O)(=O)c1ccc(F)cc1. The zero-order chi connectivity index (χ0) is 29.3. The summed E-state index contributed by atoms with van der Waals surface area (Å²) in [5.74, 6) is -0.875. The first-order valence-corrected chi connectivity index (χ1v) is 14.6. The molecule has 0 saturated heterocycles. The molecule has 8 nitrogen and oxygen atoms in total. The van der Waals surface area contributed by atoms with Crippen molar-refractivity contribution in [2.45, 2.75) is 57.1 Å². The van der Waals surface area contributed by atoms with E-state index in [2.05, 4.69) is 5.32 Å². The zero-order valence-corrected chi connectivity index (χ0v) is 24.0. The number of nitrogens with zero attached hydrogens (tertiary/aromatic N) is 2. The molecule has 0 saturated carbocycles. The van der Waals surface area contributed by atoms with Crippen LogP contribution in [-0.2, 0) is 26.2 Å². The van der Waals surface area contributed by atoms with E-state index in [9.17, 15) is 22.4 Å². The number of hydrogen-bond acceptors (Lipinski definition) is 5. The molecule has 214 valence electrons. The third-order valence-corrected chi connectivity index (χ3v) is 8.39. The fourth-order valence-corrected chi connectivity index (χ4v) is 5.60. The molecule has 2 atom stereocenters. The molecule has 0 fully saturated rings. The molecule has 0 aliphatic rings. The van der Waals surface area contributed by atoms with Crippen LogP contribution < -0.4 is 14.4 Å². The Morgan fingerprint density at radius 1 is 0.950 bits per heavy atom. The van der Waals surface area contributed by atoms with Crippen molar-refractivity contribution in [1.29, 1.82) is 0 Å². The van der Waals surface area contributed by atoms with Crippen molar-refractivity contribution in [3.63, 3.8) is 0 Å². The quantitative estimate of drug-likeness (QED) is 0.321. The van der Waals surface area contributed by atoms with E-state index >= 15 is 0 Å². The van der Waals surface area contributed by atoms with Crippen LogP contribution in [-0.4, -0.2) is 50.9 Å². The molecule has 0 heterocycles. The van der Waals surface area contributed by atoms with Crippen molar-refractivity contribution >= 4 is 27.5 Å². The predicted molar refractivity (Wildman–Crippen MR) is 153 cm³/mol. The van der Waals surface area contributed by atoms with E-state index in [0.29, 0.717) is 18.6 Å². The minimum Gasteiger partial charge on any atom is -0.497 e. The number of sulfonamides is 1. The molecular formula is C30H36FN3O5S. The number of carbonyl (C=O) groups is 2. The van der Waals surface area contributed by atoms with Gasteiger partial charge in [0, 0.05) is 12.6 Å². The maximum absolute atomic E-state index is 14.0. The summed E-state index contributed by atoms with van der Waals surface area (Å²) in [5, 5.41) is 2.95. The van der Waals surface area contributed by atoms with Gasteiger partial charge in [0.05, 0.1) is 17.7 Å². The topological polar surface area (TPSA) is 96.0 Å². The highest BCUT2D eigenvalue weighted by molar-refractivity contribution is 7.92. The molecule has 0 spiro atoms. The molecule has 2 amide bonds. The van der Waals surface area contributed by atoms with Gasteiger partial charge in [-0.25, -0.2) is 12.8 Å². The molecule has 0 radical (unpaired) electrons. The summed E-state index contributed by atoms with van der Waals surface area (Å²) in [6, 6.07) is 18.8. The molecule has 3 rings (SSSR count). The second-order valence-electron chi connectivity index (χ2n) is 9.42. The Bertz CT molecular complexity index is 1380. The third-order valence-electron chi connectivity index (χ3n) is 6.60. The number of carbonyl (C=O) groups excluding carboxylic acids is 2. The second kappa shape index (κ2) is 13.9. The van der Waals surface area contributed by atoms with E-state index in [-0.39, 0.29) is 29.1 Å². The van der Waals surface area contributed by atoms with Crippen LogP contribution in [0.25, 0.3) is 0 Å². The lowest BCUT2D eigenvalue weighted by molar-refractivity contribution is -0.140. The van der Waals surface area contributed by atoms with Gasteiger partial charge in [-0.05, 0) is 73.9 Å². The van der Waals surface area contributed by atoms with Gasteiger partial charge in [0.1, 0.15) is 24.2 Å². The number of methoxy groups -OCH3 is 1. The fraction of sp³-hybridized carbons (Fsp3) is 0.333. The monoisotopic (exact) mass is 569 g/mol. The Labute approximate surface area is 235 Å². The number of rotatable bonds is 13. The van der Waals surface area contributed by atoms with E-state index < -0.39 is 34.3 Å². The Hall–Kier alpha value is -3.92. The van der Waals surface area contributed by atoms with Crippen LogP contribution in [0.3, 0.4) is 0 Å². The van der Waals surface area contributed by atoms with Crippen LogP contribution in [0.15, 0.2) is 83.8 Å². The van der Waals surface area contributed by atoms with Crippen LogP contribution in [0.5, 0.6) is 5.75 Å². The lowest BCUT2D eigenvalue weighted by Crippen LogP contribution is -2.53. The Balaban J connectivity index is 2.04. The normalized spacial score (nSPS) is 12.7. The number of ether oxygens (including phenoxy) is 1. The first-order chi connectivity index (χ1) is 19.1. The van der Waals surface area contributed by atoms with Crippen LogP contribution in [0.4, 0.5) is 10.1 Å². The molecule has 40 heavy (non-hydrogen) atoms. The van der Waals surface area contributed by atoms with Crippen molar-refractivity contribution in [3.05, 3.63) is 90.2 Å². The maximum atomic E-state index is 14.0. The third kappa shape index (κ3) is 7.59. The molecule has 0 aromatic heterocycles. The van der Waals surface area contributed by atoms with E-state index in [0.717, 1.165) is 34.1 Å². The second-order valence-corrected chi connectivity index (χ2v) is 11.3. The molecule has 0 aliphatic heterocycles. The maximum Gasteiger partial charge on any atom is 0.264 e. The van der Waals surface area contributed by atoms with E-state index in [1.165, 1.54) is 12.0 Å². The van der Waals surface area contributed by atoms with Gasteiger partial charge in [0.2, 0.25) is 11.8 Å². The van der Waals surface area contributed by atoms with Gasteiger partial charge in [0.25, 0.3) is 10.0 Å². The minimum atomic E-state index is -4.26. The van der Waals surface area contributed by atoms with Crippen LogP contribution in [0, 0.1) is 5.82 Å². The summed E-state index contributed by atoms with van der Waals surface area (Å²) >= 11 is 0. The van der Waals surface area contributed by atoms with Crippen molar-refractivity contribution in [3.8, 4) is 5.75 Å². The summed E-state index contributed by atoms with van der Waals surface area (Å²) in [4.78, 5) is 28.6. The zero-order valence-electron chi connectivity index (χ0n) is 23.2. The van der Waals surface area contributed by atoms with Crippen LogP contribution in [0.1, 0.15) is 39.2 Å². The number of nitrogens with one attached hydrogen (secondary N) is 1. The molecular weight excluding hydrogens is 533 g/mol. The van der Waals surface area contributed by atoms with Gasteiger partial charge in [-0.1, -0.05) is 44.2 Å². The molecule has 1 N–H and O–H groups in total. The summed E-state index contributed by atoms with van der Waals surface area (Å²) in [7, 11) is -2.72. The summed E-state index contributed by atoms with van der Waals surface area (Å²) < 4.78 is 47.4. The molecule has 0 unspecified atom stereocenters. The molecule has 0 bridgehead atoms. The standard InChI is InChI=1S/C30H36FN3O5S/c1-5-22(3)32-30(36)28(6-2)33(20-23-11-10-14-26(19-23)39-4)29(35)21-34(25-12-8-7-9-13-25)40(37,38)27-17-15-24(31)16-18-27/h7-19,22,28H,5-6,20-21H2,1-4H3,(H,32,36)/t22-,28+/m0/s1. The van der Waals surface area contributed by atoms with Gasteiger partial charge < -0.3 is 15.0 Å². The minimum absolute atomic E-state index is 0.0572. The highest BCUT2D eigenvalue weighted by Gasteiger charge is 2.34. The van der Waals surface area contributed by atoms with Crippen molar-refractivity contribution in [2.24, 2.45) is 0 Å². The first-order valence-electron chi connectivity index (χ1n) is 13.2. The number of benzene rings is 3. The van der Waals surface area contributed by atoms with Crippen molar-refractivity contribution in [2.75, 3.05) is 18.0 Å². The fourth-order valence-electron chi connectivity index (χ4n) is 4.18. The number of halogens is 1. The predicted octanol–water partition coefficient (Wildman–Crippen LogP) is 4.75. The average molecular weight is 570 g/mol. The Kier molecular flexibility index (Phi) is 10.7. The molecule has 3 aromatic carbocycles. The smallest absolute Gasteiger partial charge is 0.264 e. The van der Waals surface area contributed by atoms with E-state index in [4.69, 9.17) is 4.74 Å². The van der Waals surface area contributed by atoms with E-state index in [1.54, 1.807) is 55.5 Å². The van der Waals surface area contributed by atoms with Crippen molar-refractivity contribution < 1.29 is 27.1 Å². The molecule has 3 aromatic rings. The highest BCUT2D eigenvalue weighted by atomic mass is 32.2.